The van der Waals surface area contributed by atoms with Gasteiger partial charge in [0.25, 0.3) is 11.4 Å². The molecule has 0 spiro atoms. The number of halogens is 2. The molecule has 1 saturated heterocycles. The van der Waals surface area contributed by atoms with Crippen molar-refractivity contribution in [3.05, 3.63) is 104 Å². The van der Waals surface area contributed by atoms with Crippen molar-refractivity contribution >= 4 is 53.3 Å². The second kappa shape index (κ2) is 14.4. The van der Waals surface area contributed by atoms with E-state index in [0.29, 0.717) is 24.2 Å². The van der Waals surface area contributed by atoms with Crippen LogP contribution in [-0.2, 0) is 6.54 Å². The Morgan fingerprint density at radius 2 is 1.45 bits per heavy atom. The van der Waals surface area contributed by atoms with Gasteiger partial charge in [-0.1, -0.05) is 30.3 Å². The molecule has 3 aromatic rings. The molecule has 0 aliphatic carbocycles. The summed E-state index contributed by atoms with van der Waals surface area (Å²) in [5.41, 5.74) is 1.80. The number of piperazine rings is 1. The number of nitrogens with zero attached hydrogens (tertiary/aromatic N) is 4. The summed E-state index contributed by atoms with van der Waals surface area (Å²) in [6.07, 6.45) is 0.416. The van der Waals surface area contributed by atoms with Crippen LogP contribution in [0.15, 0.2) is 72.8 Å². The highest BCUT2D eigenvalue weighted by Gasteiger charge is 2.20. The number of Topliss-reactive ketones (excluding diaryl/α,β-unsaturated/α-hetero) is 1. The molecule has 12 heteroatoms. The van der Waals surface area contributed by atoms with E-state index >= 15 is 0 Å². The number of anilines is 2. The Bertz CT molecular complexity index is 1240. The summed E-state index contributed by atoms with van der Waals surface area (Å²) >= 11 is 0. The van der Waals surface area contributed by atoms with Gasteiger partial charge in [-0.15, -0.1) is 24.8 Å². The summed E-state index contributed by atoms with van der Waals surface area (Å²) < 4.78 is 0. The lowest BCUT2D eigenvalue weighted by atomic mass is 10.1. The van der Waals surface area contributed by atoms with Gasteiger partial charge in [0.1, 0.15) is 5.69 Å². The molecule has 4 rings (SSSR count). The molecule has 1 aliphatic rings. The lowest BCUT2D eigenvalue weighted by Gasteiger charge is -2.34. The summed E-state index contributed by atoms with van der Waals surface area (Å²) in [5, 5.41) is 25.1. The normalized spacial score (nSPS) is 13.6. The topological polar surface area (TPSA) is 122 Å². The number of rotatable bonds is 10. The number of ketones is 1. The van der Waals surface area contributed by atoms with Crippen molar-refractivity contribution in [3.8, 4) is 0 Å². The first-order valence-electron chi connectivity index (χ1n) is 11.7. The lowest BCUT2D eigenvalue weighted by Crippen LogP contribution is -2.46. The Morgan fingerprint density at radius 1 is 0.816 bits per heavy atom. The maximum absolute atomic E-state index is 12.7. The molecule has 0 amide bonds. The molecule has 1 heterocycles. The van der Waals surface area contributed by atoms with Crippen molar-refractivity contribution in [2.45, 2.75) is 13.0 Å². The van der Waals surface area contributed by atoms with Crippen LogP contribution < -0.4 is 5.32 Å². The van der Waals surface area contributed by atoms with E-state index in [4.69, 9.17) is 0 Å². The van der Waals surface area contributed by atoms with Crippen molar-refractivity contribution in [1.29, 1.82) is 0 Å². The van der Waals surface area contributed by atoms with Crippen molar-refractivity contribution in [3.63, 3.8) is 0 Å². The minimum Gasteiger partial charge on any atom is -0.350 e. The number of nitro groups is 2. The van der Waals surface area contributed by atoms with Crippen LogP contribution in [0.2, 0.25) is 0 Å². The fraction of sp³-hybridized carbons (Fsp3) is 0.269. The molecule has 1 N–H and O–H groups in total. The first-order valence-corrected chi connectivity index (χ1v) is 11.7. The van der Waals surface area contributed by atoms with Gasteiger partial charge in [0.15, 0.2) is 5.78 Å². The van der Waals surface area contributed by atoms with Crippen LogP contribution >= 0.6 is 24.8 Å². The van der Waals surface area contributed by atoms with E-state index in [2.05, 4.69) is 39.4 Å². The van der Waals surface area contributed by atoms with Gasteiger partial charge >= 0.3 is 0 Å². The zero-order valence-electron chi connectivity index (χ0n) is 20.5. The van der Waals surface area contributed by atoms with Crippen LogP contribution in [0, 0.1) is 20.2 Å². The largest absolute Gasteiger partial charge is 0.350 e. The van der Waals surface area contributed by atoms with Gasteiger partial charge in [-0.05, 0) is 35.9 Å². The molecule has 0 radical (unpaired) electrons. The van der Waals surface area contributed by atoms with Crippen molar-refractivity contribution in [1.82, 2.24) is 9.80 Å². The van der Waals surface area contributed by atoms with Crippen LogP contribution in [0.3, 0.4) is 0 Å². The average molecular weight is 562 g/mol. The van der Waals surface area contributed by atoms with Gasteiger partial charge in [-0.3, -0.25) is 29.9 Å². The highest BCUT2D eigenvalue weighted by atomic mass is 35.5. The molecule has 0 saturated carbocycles. The van der Waals surface area contributed by atoms with Gasteiger partial charge in [0.05, 0.1) is 15.9 Å². The molecule has 202 valence electrons. The van der Waals surface area contributed by atoms with Crippen molar-refractivity contribution in [2.75, 3.05) is 38.0 Å². The van der Waals surface area contributed by atoms with Gasteiger partial charge < -0.3 is 10.2 Å². The van der Waals surface area contributed by atoms with Gasteiger partial charge in [0, 0.05) is 63.0 Å². The Balaban J connectivity index is 0.00000253. The van der Waals surface area contributed by atoms with E-state index in [1.54, 1.807) is 24.3 Å². The number of hydrogen-bond donors (Lipinski definition) is 1. The third kappa shape index (κ3) is 8.22. The van der Waals surface area contributed by atoms with Gasteiger partial charge in [0.2, 0.25) is 0 Å². The number of carbonyl (C=O) groups is 1. The second-order valence-electron chi connectivity index (χ2n) is 8.69. The monoisotopic (exact) mass is 561 g/mol. The molecule has 1 fully saturated rings. The average Bonchev–Trinajstić information content (AvgIpc) is 2.89. The fourth-order valence-corrected chi connectivity index (χ4v) is 4.20. The minimum absolute atomic E-state index is 0. The van der Waals surface area contributed by atoms with Crippen molar-refractivity contribution in [2.24, 2.45) is 0 Å². The zero-order valence-corrected chi connectivity index (χ0v) is 22.2. The predicted molar refractivity (Wildman–Crippen MR) is 151 cm³/mol. The Hall–Kier alpha value is -3.57. The molecule has 0 aromatic heterocycles. The SMILES string of the molecule is Cl.Cl.O=C(CCN1CCN(Cc2ccccc2)CC1)c1ccc(Nc2ccc([N+](=O)[O-])cc2[N+](=O)[O-])cc1. The van der Waals surface area contributed by atoms with Gasteiger partial charge in [-0.2, -0.15) is 0 Å². The molecule has 10 nitrogen and oxygen atoms in total. The van der Waals surface area contributed by atoms with Crippen LogP contribution in [0.1, 0.15) is 22.3 Å². The van der Waals surface area contributed by atoms with Crippen molar-refractivity contribution < 1.29 is 14.6 Å². The van der Waals surface area contributed by atoms with E-state index in [0.717, 1.165) is 38.8 Å². The number of non-ortho nitro benzene ring substituents is 1. The second-order valence-corrected chi connectivity index (χ2v) is 8.69. The molecule has 1 aliphatic heterocycles. The molecule has 0 unspecified atom stereocenters. The first-order chi connectivity index (χ1) is 17.4. The Kier molecular flexibility index (Phi) is 11.6. The quantitative estimate of drug-likeness (QED) is 0.196. The first kappa shape index (κ1) is 30.7. The smallest absolute Gasteiger partial charge is 0.299 e. The Morgan fingerprint density at radius 3 is 2.05 bits per heavy atom. The third-order valence-electron chi connectivity index (χ3n) is 6.24. The molecule has 38 heavy (non-hydrogen) atoms. The maximum atomic E-state index is 12.7. The summed E-state index contributed by atoms with van der Waals surface area (Å²) in [5.74, 6) is 0.0366. The maximum Gasteiger partial charge on any atom is 0.299 e. The number of nitrogens with one attached hydrogen (secondary N) is 1. The predicted octanol–water partition coefficient (Wildman–Crippen LogP) is 5.48. The van der Waals surface area contributed by atoms with Gasteiger partial charge in [-0.25, -0.2) is 0 Å². The summed E-state index contributed by atoms with van der Waals surface area (Å²) in [6.45, 7) is 5.44. The number of benzene rings is 3. The highest BCUT2D eigenvalue weighted by Crippen LogP contribution is 2.31. The fourth-order valence-electron chi connectivity index (χ4n) is 4.20. The summed E-state index contributed by atoms with van der Waals surface area (Å²) in [6, 6.07) is 20.5. The van der Waals surface area contributed by atoms with E-state index < -0.39 is 15.5 Å². The molecule has 0 atom stereocenters. The summed E-state index contributed by atoms with van der Waals surface area (Å²) in [4.78, 5) is 38.3. The van der Waals surface area contributed by atoms with Crippen LogP contribution in [0.25, 0.3) is 0 Å². The molecular weight excluding hydrogens is 533 g/mol. The molecular formula is C26H29Cl2N5O5. The van der Waals surface area contributed by atoms with Crippen LogP contribution in [0.5, 0.6) is 0 Å². The van der Waals surface area contributed by atoms with E-state index in [1.165, 1.54) is 17.7 Å². The molecule has 0 bridgehead atoms. The number of carbonyl (C=O) groups excluding carboxylic acids is 1. The molecule has 3 aromatic carbocycles. The minimum atomic E-state index is -0.679. The van der Waals surface area contributed by atoms with E-state index in [1.807, 2.05) is 6.07 Å². The van der Waals surface area contributed by atoms with E-state index in [-0.39, 0.29) is 42.0 Å². The lowest BCUT2D eigenvalue weighted by molar-refractivity contribution is -0.393. The summed E-state index contributed by atoms with van der Waals surface area (Å²) in [7, 11) is 0. The zero-order chi connectivity index (χ0) is 25.5. The van der Waals surface area contributed by atoms with Crippen LogP contribution in [-0.4, -0.2) is 58.2 Å². The standard InChI is InChI=1S/C26H27N5O5.2ClH/c32-26(12-13-28-14-16-29(17-15-28)19-20-4-2-1-3-5-20)21-6-8-22(9-7-21)27-24-11-10-23(30(33)34)18-25(24)31(35)36;;/h1-11,18,27H,12-17,19H2;2*1H. The Labute approximate surface area is 232 Å². The third-order valence-corrected chi connectivity index (χ3v) is 6.24. The number of nitro benzene ring substituents is 2. The van der Waals surface area contributed by atoms with E-state index in [9.17, 15) is 25.0 Å². The van der Waals surface area contributed by atoms with Crippen LogP contribution in [0.4, 0.5) is 22.7 Å². The number of hydrogen-bond acceptors (Lipinski definition) is 8. The highest BCUT2D eigenvalue weighted by molar-refractivity contribution is 5.96.